The van der Waals surface area contributed by atoms with Crippen LogP contribution in [0.2, 0.25) is 0 Å². The molecule has 0 fully saturated rings. The molecule has 74 valence electrons. The van der Waals surface area contributed by atoms with Gasteiger partial charge in [0.25, 0.3) is 0 Å². The molecule has 14 heavy (non-hydrogen) atoms. The number of hydrogen-bond donors (Lipinski definition) is 2. The summed E-state index contributed by atoms with van der Waals surface area (Å²) >= 11 is 0. The summed E-state index contributed by atoms with van der Waals surface area (Å²) in [5.74, 6) is 0.457. The first-order valence-corrected chi connectivity index (χ1v) is 4.37. The highest BCUT2D eigenvalue weighted by Gasteiger charge is 2.01. The van der Waals surface area contributed by atoms with Crippen molar-refractivity contribution in [1.29, 1.82) is 5.26 Å². The van der Waals surface area contributed by atoms with Gasteiger partial charge in [0, 0.05) is 18.3 Å². The summed E-state index contributed by atoms with van der Waals surface area (Å²) in [6, 6.07) is 3.64. The van der Waals surface area contributed by atoms with E-state index in [1.165, 1.54) is 0 Å². The van der Waals surface area contributed by atoms with E-state index in [2.05, 4.69) is 15.3 Å². The number of aryl methyl sites for hydroxylation is 1. The first kappa shape index (κ1) is 10.4. The molecular weight excluding hydrogens is 178 g/mol. The van der Waals surface area contributed by atoms with Gasteiger partial charge >= 0.3 is 0 Å². The Morgan fingerprint density at radius 1 is 1.64 bits per heavy atom. The number of hydrogen-bond acceptors (Lipinski definition) is 5. The van der Waals surface area contributed by atoms with Gasteiger partial charge in [0.15, 0.2) is 0 Å². The Bertz CT molecular complexity index is 353. The van der Waals surface area contributed by atoms with Crippen molar-refractivity contribution in [3.63, 3.8) is 0 Å². The lowest BCUT2D eigenvalue weighted by atomic mass is 10.3. The fraction of sp³-hybridized carbons (Fsp3) is 0.444. The third-order valence-corrected chi connectivity index (χ3v) is 1.55. The van der Waals surface area contributed by atoms with Gasteiger partial charge in [-0.1, -0.05) is 0 Å². The van der Waals surface area contributed by atoms with E-state index in [9.17, 15) is 0 Å². The highest BCUT2D eigenvalue weighted by atomic mass is 15.1. The van der Waals surface area contributed by atoms with Gasteiger partial charge in [-0.15, -0.1) is 0 Å². The SMILES string of the molecule is Cc1cc(C#N)nc(NCC(C)N)n1. The average Bonchev–Trinajstić information content (AvgIpc) is 2.14. The average molecular weight is 191 g/mol. The Labute approximate surface area is 83.0 Å². The molecule has 0 aromatic carbocycles. The minimum absolute atomic E-state index is 0.0321. The number of anilines is 1. The molecule has 1 aromatic heterocycles. The summed E-state index contributed by atoms with van der Waals surface area (Å²) in [5, 5.41) is 11.6. The van der Waals surface area contributed by atoms with Crippen LogP contribution in [0.3, 0.4) is 0 Å². The molecule has 1 rings (SSSR count). The molecule has 0 saturated carbocycles. The maximum absolute atomic E-state index is 8.67. The second-order valence-corrected chi connectivity index (χ2v) is 3.19. The van der Waals surface area contributed by atoms with Crippen molar-refractivity contribution in [2.45, 2.75) is 19.9 Å². The molecule has 0 amide bonds. The minimum atomic E-state index is 0.0321. The van der Waals surface area contributed by atoms with Crippen LogP contribution in [0.25, 0.3) is 0 Å². The Balaban J connectivity index is 2.78. The third kappa shape index (κ3) is 2.99. The summed E-state index contributed by atoms with van der Waals surface area (Å²) in [7, 11) is 0. The lowest BCUT2D eigenvalue weighted by molar-refractivity contribution is 0.772. The Hall–Kier alpha value is -1.67. The van der Waals surface area contributed by atoms with Crippen LogP contribution in [-0.4, -0.2) is 22.6 Å². The van der Waals surface area contributed by atoms with Gasteiger partial charge in [-0.2, -0.15) is 5.26 Å². The highest BCUT2D eigenvalue weighted by molar-refractivity contribution is 5.32. The summed E-state index contributed by atoms with van der Waals surface area (Å²) < 4.78 is 0. The first-order chi connectivity index (χ1) is 6.61. The van der Waals surface area contributed by atoms with E-state index in [0.717, 1.165) is 5.69 Å². The standard InChI is InChI=1S/C9H13N5/c1-6(11)5-12-9-13-7(2)3-8(4-10)14-9/h3,6H,5,11H2,1-2H3,(H,12,13,14). The Kier molecular flexibility index (Phi) is 3.37. The normalized spacial score (nSPS) is 11.9. The molecular formula is C9H13N5. The van der Waals surface area contributed by atoms with Crippen LogP contribution in [0, 0.1) is 18.3 Å². The van der Waals surface area contributed by atoms with Gasteiger partial charge in [0.2, 0.25) is 5.95 Å². The second kappa shape index (κ2) is 4.53. The fourth-order valence-electron chi connectivity index (χ4n) is 0.957. The molecule has 1 atom stereocenters. The van der Waals surface area contributed by atoms with Gasteiger partial charge in [-0.05, 0) is 19.9 Å². The molecule has 0 spiro atoms. The maximum atomic E-state index is 8.67. The minimum Gasteiger partial charge on any atom is -0.353 e. The van der Waals surface area contributed by atoms with Gasteiger partial charge in [-0.25, -0.2) is 9.97 Å². The lowest BCUT2D eigenvalue weighted by Gasteiger charge is -2.07. The van der Waals surface area contributed by atoms with E-state index >= 15 is 0 Å². The van der Waals surface area contributed by atoms with Gasteiger partial charge < -0.3 is 11.1 Å². The van der Waals surface area contributed by atoms with Crippen LogP contribution >= 0.6 is 0 Å². The molecule has 3 N–H and O–H groups in total. The van der Waals surface area contributed by atoms with E-state index in [4.69, 9.17) is 11.0 Å². The fourth-order valence-corrected chi connectivity index (χ4v) is 0.957. The third-order valence-electron chi connectivity index (χ3n) is 1.55. The monoisotopic (exact) mass is 191 g/mol. The topological polar surface area (TPSA) is 87.6 Å². The van der Waals surface area contributed by atoms with Crippen molar-refractivity contribution in [2.75, 3.05) is 11.9 Å². The van der Waals surface area contributed by atoms with Crippen molar-refractivity contribution in [1.82, 2.24) is 9.97 Å². The van der Waals surface area contributed by atoms with Crippen LogP contribution < -0.4 is 11.1 Å². The molecule has 0 aliphatic heterocycles. The maximum Gasteiger partial charge on any atom is 0.224 e. The molecule has 1 unspecified atom stereocenters. The van der Waals surface area contributed by atoms with E-state index in [1.807, 2.05) is 19.9 Å². The number of aromatic nitrogens is 2. The molecule has 1 aromatic rings. The number of nitriles is 1. The van der Waals surface area contributed by atoms with Crippen LogP contribution in [0.5, 0.6) is 0 Å². The predicted molar refractivity (Wildman–Crippen MR) is 53.6 cm³/mol. The highest BCUT2D eigenvalue weighted by Crippen LogP contribution is 2.03. The predicted octanol–water partition coefficient (Wildman–Crippen LogP) is 0.416. The molecule has 0 aliphatic rings. The Morgan fingerprint density at radius 3 is 2.93 bits per heavy atom. The van der Waals surface area contributed by atoms with Crippen molar-refractivity contribution in [2.24, 2.45) is 5.73 Å². The molecule has 0 saturated heterocycles. The summed E-state index contributed by atoms with van der Waals surface area (Å²) in [6.45, 7) is 4.29. The molecule has 0 aliphatic carbocycles. The first-order valence-electron chi connectivity index (χ1n) is 4.37. The van der Waals surface area contributed by atoms with E-state index in [-0.39, 0.29) is 6.04 Å². The van der Waals surface area contributed by atoms with Crippen LogP contribution in [0.15, 0.2) is 6.07 Å². The van der Waals surface area contributed by atoms with Crippen molar-refractivity contribution < 1.29 is 0 Å². The summed E-state index contributed by atoms with van der Waals surface area (Å²) in [5.41, 5.74) is 6.70. The van der Waals surface area contributed by atoms with Crippen LogP contribution in [-0.2, 0) is 0 Å². The number of rotatable bonds is 3. The summed E-state index contributed by atoms with van der Waals surface area (Å²) in [6.07, 6.45) is 0. The van der Waals surface area contributed by atoms with E-state index in [0.29, 0.717) is 18.2 Å². The zero-order valence-electron chi connectivity index (χ0n) is 8.28. The van der Waals surface area contributed by atoms with Crippen LogP contribution in [0.4, 0.5) is 5.95 Å². The second-order valence-electron chi connectivity index (χ2n) is 3.19. The molecule has 0 radical (unpaired) electrons. The Morgan fingerprint density at radius 2 is 2.36 bits per heavy atom. The largest absolute Gasteiger partial charge is 0.353 e. The summed E-state index contributed by atoms with van der Waals surface area (Å²) in [4.78, 5) is 8.11. The van der Waals surface area contributed by atoms with Gasteiger partial charge in [-0.3, -0.25) is 0 Å². The molecule has 1 heterocycles. The number of nitrogens with zero attached hydrogens (tertiary/aromatic N) is 3. The van der Waals surface area contributed by atoms with Crippen LogP contribution in [0.1, 0.15) is 18.3 Å². The number of nitrogens with one attached hydrogen (secondary N) is 1. The van der Waals surface area contributed by atoms with Crippen molar-refractivity contribution in [3.8, 4) is 6.07 Å². The van der Waals surface area contributed by atoms with E-state index < -0.39 is 0 Å². The number of nitrogens with two attached hydrogens (primary N) is 1. The quantitative estimate of drug-likeness (QED) is 0.722. The lowest BCUT2D eigenvalue weighted by Crippen LogP contribution is -2.26. The zero-order valence-corrected chi connectivity index (χ0v) is 8.28. The smallest absolute Gasteiger partial charge is 0.224 e. The zero-order chi connectivity index (χ0) is 10.6. The van der Waals surface area contributed by atoms with Gasteiger partial charge in [0.05, 0.1) is 0 Å². The molecule has 5 heteroatoms. The molecule has 0 bridgehead atoms. The van der Waals surface area contributed by atoms with Gasteiger partial charge in [0.1, 0.15) is 11.8 Å². The van der Waals surface area contributed by atoms with E-state index in [1.54, 1.807) is 6.07 Å². The van der Waals surface area contributed by atoms with Crippen molar-refractivity contribution >= 4 is 5.95 Å². The van der Waals surface area contributed by atoms with Crippen molar-refractivity contribution in [3.05, 3.63) is 17.5 Å². The molecule has 5 nitrogen and oxygen atoms in total.